The van der Waals surface area contributed by atoms with E-state index >= 15 is 0 Å². The summed E-state index contributed by atoms with van der Waals surface area (Å²) in [6, 6.07) is 15.7. The Kier molecular flexibility index (Phi) is 6.66. The van der Waals surface area contributed by atoms with Crippen molar-refractivity contribution in [3.63, 3.8) is 0 Å². The Balaban J connectivity index is 1.13. The number of fused-ring (bicyclic) bond motifs is 2. The molecule has 1 aliphatic heterocycles. The van der Waals surface area contributed by atoms with E-state index in [-0.39, 0.29) is 0 Å². The molecule has 2 aliphatic rings. The van der Waals surface area contributed by atoms with Crippen molar-refractivity contribution in [2.45, 2.75) is 50.2 Å². The summed E-state index contributed by atoms with van der Waals surface area (Å²) >= 11 is 3.55. The number of hydrogen-bond donors (Lipinski definition) is 3. The van der Waals surface area contributed by atoms with Gasteiger partial charge in [0.25, 0.3) is 0 Å². The first-order chi connectivity index (χ1) is 16.2. The van der Waals surface area contributed by atoms with E-state index in [1.54, 1.807) is 18.1 Å². The van der Waals surface area contributed by atoms with Crippen LogP contribution in [0, 0.1) is 0 Å². The van der Waals surface area contributed by atoms with E-state index in [1.165, 1.54) is 28.2 Å². The van der Waals surface area contributed by atoms with E-state index in [1.807, 2.05) is 37.3 Å². The molecule has 0 spiro atoms. The Bertz CT molecular complexity index is 1140. The number of rotatable bonds is 9. The third kappa shape index (κ3) is 5.40. The lowest BCUT2D eigenvalue weighted by molar-refractivity contribution is 0.279. The lowest BCUT2D eigenvalue weighted by atomic mass is 10.1. The summed E-state index contributed by atoms with van der Waals surface area (Å²) in [6.45, 7) is 5.04. The molecule has 1 aliphatic carbocycles. The van der Waals surface area contributed by atoms with Gasteiger partial charge in [-0.3, -0.25) is 4.72 Å². The molecule has 1 saturated carbocycles. The van der Waals surface area contributed by atoms with Crippen molar-refractivity contribution in [3.05, 3.63) is 82.5 Å². The highest BCUT2D eigenvalue weighted by Gasteiger charge is 2.37. The Morgan fingerprint density at radius 2 is 2.12 bits per heavy atom. The number of nitrogens with one attached hydrogen (secondary N) is 3. The third-order valence-corrected chi connectivity index (χ3v) is 7.76. The topological polar surface area (TPSA) is 65.1 Å². The summed E-state index contributed by atoms with van der Waals surface area (Å²) in [5.41, 5.74) is 3.54. The second-order valence-corrected chi connectivity index (χ2v) is 10.3. The van der Waals surface area contributed by atoms with Gasteiger partial charge in [-0.1, -0.05) is 12.1 Å². The molecule has 1 aromatic carbocycles. The van der Waals surface area contributed by atoms with Gasteiger partial charge in [-0.05, 0) is 86.0 Å². The monoisotopic (exact) mass is 476 g/mol. The molecule has 5 rings (SSSR count). The molecule has 2 bridgehead atoms. The quantitative estimate of drug-likeness (QED) is 0.320. The van der Waals surface area contributed by atoms with Crippen molar-refractivity contribution in [1.82, 2.24) is 19.6 Å². The maximum atomic E-state index is 4.52. The van der Waals surface area contributed by atoms with Crippen molar-refractivity contribution in [2.24, 2.45) is 0 Å². The van der Waals surface area contributed by atoms with Crippen molar-refractivity contribution < 1.29 is 0 Å². The zero-order chi connectivity index (χ0) is 22.6. The minimum absolute atomic E-state index is 0.460. The van der Waals surface area contributed by atoms with E-state index in [4.69, 9.17) is 0 Å². The fraction of sp³-hybridized carbons (Fsp3) is 0.280. The number of allylic oxidation sites excluding steroid dienone is 2. The van der Waals surface area contributed by atoms with Crippen molar-refractivity contribution in [1.29, 1.82) is 0 Å². The van der Waals surface area contributed by atoms with Crippen LogP contribution in [0.2, 0.25) is 0 Å². The van der Waals surface area contributed by atoms with E-state index in [2.05, 4.69) is 78.2 Å². The lowest BCUT2D eigenvalue weighted by Crippen LogP contribution is -2.32. The van der Waals surface area contributed by atoms with Gasteiger partial charge in [0.15, 0.2) is 0 Å². The minimum Gasteiger partial charge on any atom is -0.369 e. The van der Waals surface area contributed by atoms with E-state index in [0.29, 0.717) is 18.0 Å². The average Bonchev–Trinajstić information content (AvgIpc) is 3.57. The maximum absolute atomic E-state index is 4.52. The summed E-state index contributed by atoms with van der Waals surface area (Å²) in [6.07, 6.45) is 8.50. The molecule has 2 unspecified atom stereocenters. The molecular weight excluding hydrogens is 448 g/mol. The minimum atomic E-state index is 0.460. The van der Waals surface area contributed by atoms with Crippen LogP contribution in [0.15, 0.2) is 82.5 Å². The number of hydrogen-bond acceptors (Lipinski definition) is 8. The van der Waals surface area contributed by atoms with Gasteiger partial charge in [0.2, 0.25) is 5.95 Å². The first kappa shape index (κ1) is 22.0. The number of benzene rings is 1. The van der Waals surface area contributed by atoms with Gasteiger partial charge >= 0.3 is 0 Å². The molecule has 3 heterocycles. The predicted octanol–water partition coefficient (Wildman–Crippen LogP) is 6.14. The zero-order valence-electron chi connectivity index (χ0n) is 18.8. The summed E-state index contributed by atoms with van der Waals surface area (Å²) in [7, 11) is 0. The zero-order valence-corrected chi connectivity index (χ0v) is 20.4. The highest BCUT2D eigenvalue weighted by Crippen LogP contribution is 2.38. The molecule has 170 valence electrons. The standard InChI is InChI=1S/C25H28N6S2/c1-3-17(2)27-24-10-11-26-25(29-24)28-19-6-8-21(9-7-19)33-30-23-14-20-13-18(23)15-31(20)16-22-5-4-12-32-22/h3-12,15,20,23,30H,13-14,16H2,1-2H3,(H2,26,27,28,29)/b17-3+. The van der Waals surface area contributed by atoms with Crippen LogP contribution in [-0.2, 0) is 6.54 Å². The molecule has 0 saturated heterocycles. The Morgan fingerprint density at radius 3 is 2.85 bits per heavy atom. The van der Waals surface area contributed by atoms with Crippen molar-refractivity contribution in [2.75, 3.05) is 10.6 Å². The van der Waals surface area contributed by atoms with Crippen LogP contribution in [0.3, 0.4) is 0 Å². The van der Waals surface area contributed by atoms with E-state index in [0.717, 1.165) is 23.7 Å². The fourth-order valence-corrected chi connectivity index (χ4v) is 5.66. The number of aromatic nitrogens is 2. The Hall–Kier alpha value is -2.81. The van der Waals surface area contributed by atoms with Gasteiger partial charge in [-0.25, -0.2) is 4.98 Å². The molecule has 3 aromatic rings. The summed E-state index contributed by atoms with van der Waals surface area (Å²) in [5, 5.41) is 8.68. The molecule has 3 N–H and O–H groups in total. The molecule has 33 heavy (non-hydrogen) atoms. The molecule has 0 radical (unpaired) electrons. The van der Waals surface area contributed by atoms with Gasteiger partial charge in [0, 0.05) is 45.6 Å². The van der Waals surface area contributed by atoms with Crippen LogP contribution in [0.4, 0.5) is 17.5 Å². The van der Waals surface area contributed by atoms with Gasteiger partial charge in [0.05, 0.1) is 6.54 Å². The summed E-state index contributed by atoms with van der Waals surface area (Å²) < 4.78 is 3.67. The van der Waals surface area contributed by atoms with Gasteiger partial charge in [-0.15, -0.1) is 11.3 Å². The van der Waals surface area contributed by atoms with Crippen molar-refractivity contribution in [3.8, 4) is 0 Å². The fourth-order valence-electron chi connectivity index (χ4n) is 4.15. The van der Waals surface area contributed by atoms with Crippen LogP contribution >= 0.6 is 23.3 Å². The van der Waals surface area contributed by atoms with Crippen LogP contribution in [-0.4, -0.2) is 27.0 Å². The van der Waals surface area contributed by atoms with Gasteiger partial charge in [-0.2, -0.15) is 4.98 Å². The average molecular weight is 477 g/mol. The number of nitrogens with zero attached hydrogens (tertiary/aromatic N) is 3. The normalized spacial score (nSPS) is 19.6. The van der Waals surface area contributed by atoms with E-state index in [9.17, 15) is 0 Å². The SMILES string of the molecule is C/C=C(\C)Nc1ccnc(Nc2ccc(SNC3CC4CC3=CN4Cc3cccs3)cc2)n1. The summed E-state index contributed by atoms with van der Waals surface area (Å²) in [4.78, 5) is 14.0. The predicted molar refractivity (Wildman–Crippen MR) is 139 cm³/mol. The molecule has 1 fully saturated rings. The van der Waals surface area contributed by atoms with Crippen LogP contribution in [0.25, 0.3) is 0 Å². The molecule has 2 atom stereocenters. The van der Waals surface area contributed by atoms with Crippen LogP contribution < -0.4 is 15.4 Å². The Morgan fingerprint density at radius 1 is 1.24 bits per heavy atom. The van der Waals surface area contributed by atoms with Gasteiger partial charge in [0.1, 0.15) is 5.82 Å². The van der Waals surface area contributed by atoms with E-state index < -0.39 is 0 Å². The maximum Gasteiger partial charge on any atom is 0.229 e. The third-order valence-electron chi connectivity index (χ3n) is 5.99. The smallest absolute Gasteiger partial charge is 0.229 e. The van der Waals surface area contributed by atoms with Crippen LogP contribution in [0.1, 0.15) is 31.6 Å². The molecule has 6 nitrogen and oxygen atoms in total. The first-order valence-electron chi connectivity index (χ1n) is 11.2. The highest BCUT2D eigenvalue weighted by atomic mass is 32.2. The Labute approximate surface area is 203 Å². The second-order valence-electron chi connectivity index (χ2n) is 8.33. The molecule has 8 heteroatoms. The lowest BCUT2D eigenvalue weighted by Gasteiger charge is -2.28. The van der Waals surface area contributed by atoms with Crippen LogP contribution in [0.5, 0.6) is 0 Å². The largest absolute Gasteiger partial charge is 0.369 e. The molecule has 2 aromatic heterocycles. The first-order valence-corrected chi connectivity index (χ1v) is 12.9. The van der Waals surface area contributed by atoms with Gasteiger partial charge < -0.3 is 15.5 Å². The number of thiophene rings is 1. The van der Waals surface area contributed by atoms with Crippen molar-refractivity contribution >= 4 is 40.7 Å². The summed E-state index contributed by atoms with van der Waals surface area (Å²) in [5.74, 6) is 1.34. The molecule has 0 amide bonds. The second kappa shape index (κ2) is 9.99. The number of anilines is 3. The highest BCUT2D eigenvalue weighted by molar-refractivity contribution is 7.97. The molecular formula is C25H28N6S2.